The summed E-state index contributed by atoms with van der Waals surface area (Å²) in [6.07, 6.45) is 7.77. The van der Waals surface area contributed by atoms with Crippen molar-refractivity contribution in [1.82, 2.24) is 24.2 Å². The van der Waals surface area contributed by atoms with Gasteiger partial charge in [-0.2, -0.15) is 5.10 Å². The highest BCUT2D eigenvalue weighted by Crippen LogP contribution is 2.32. The smallest absolute Gasteiger partial charge is 0.0954 e. The zero-order valence-electron chi connectivity index (χ0n) is 17.5. The number of hydrogen-bond donors (Lipinski definition) is 0. The molecule has 0 saturated carbocycles. The minimum Gasteiger partial charge on any atom is -0.326 e. The van der Waals surface area contributed by atoms with Gasteiger partial charge in [0.05, 0.1) is 35.3 Å². The number of likely N-dealkylation sites (tertiary alicyclic amines) is 1. The van der Waals surface area contributed by atoms with Crippen LogP contribution < -0.4 is 0 Å². The fourth-order valence-corrected chi connectivity index (χ4v) is 4.52. The number of aromatic nitrogens is 4. The van der Waals surface area contributed by atoms with Crippen molar-refractivity contribution in [2.24, 2.45) is 0 Å². The average molecular weight is 378 g/mol. The Bertz CT molecular complexity index is 946. The Labute approximate surface area is 168 Å². The number of nitrogens with zero attached hydrogens (tertiary/aromatic N) is 5. The summed E-state index contributed by atoms with van der Waals surface area (Å²) in [4.78, 5) is 7.12. The zero-order valence-corrected chi connectivity index (χ0v) is 17.5. The lowest BCUT2D eigenvalue weighted by molar-refractivity contribution is 0.273. The second kappa shape index (κ2) is 7.92. The Morgan fingerprint density at radius 3 is 2.54 bits per heavy atom. The van der Waals surface area contributed by atoms with Crippen molar-refractivity contribution in [3.8, 4) is 16.9 Å². The van der Waals surface area contributed by atoms with Gasteiger partial charge >= 0.3 is 0 Å². The summed E-state index contributed by atoms with van der Waals surface area (Å²) in [7, 11) is 0. The van der Waals surface area contributed by atoms with Gasteiger partial charge in [0.25, 0.3) is 0 Å². The minimum absolute atomic E-state index is 0.441. The molecular weight excluding hydrogens is 346 g/mol. The van der Waals surface area contributed by atoms with E-state index in [0.29, 0.717) is 6.04 Å². The van der Waals surface area contributed by atoms with Gasteiger partial charge in [-0.25, -0.2) is 9.67 Å². The molecule has 2 aromatic heterocycles. The maximum atomic E-state index is 4.89. The van der Waals surface area contributed by atoms with E-state index in [2.05, 4.69) is 71.1 Å². The van der Waals surface area contributed by atoms with E-state index in [0.717, 1.165) is 24.3 Å². The number of hydrogen-bond acceptors (Lipinski definition) is 3. The number of rotatable bonds is 6. The van der Waals surface area contributed by atoms with Crippen molar-refractivity contribution >= 4 is 0 Å². The molecule has 1 aromatic carbocycles. The summed E-state index contributed by atoms with van der Waals surface area (Å²) in [6.45, 7) is 12.2. The first-order chi connectivity index (χ1) is 13.6. The van der Waals surface area contributed by atoms with Crippen molar-refractivity contribution < 1.29 is 0 Å². The molecule has 0 bridgehead atoms. The molecule has 0 spiro atoms. The van der Waals surface area contributed by atoms with Gasteiger partial charge < -0.3 is 9.47 Å². The third-order valence-corrected chi connectivity index (χ3v) is 6.09. The Hall–Kier alpha value is -2.40. The Morgan fingerprint density at radius 2 is 1.82 bits per heavy atom. The van der Waals surface area contributed by atoms with Crippen LogP contribution in [0.3, 0.4) is 0 Å². The first-order valence-corrected chi connectivity index (χ1v) is 10.5. The molecule has 5 nitrogen and oxygen atoms in total. The lowest BCUT2D eigenvalue weighted by Crippen LogP contribution is -2.28. The summed E-state index contributed by atoms with van der Waals surface area (Å²) >= 11 is 0. The van der Waals surface area contributed by atoms with E-state index in [-0.39, 0.29) is 0 Å². The largest absolute Gasteiger partial charge is 0.326 e. The van der Waals surface area contributed by atoms with Crippen molar-refractivity contribution in [2.45, 2.75) is 53.0 Å². The van der Waals surface area contributed by atoms with Crippen LogP contribution in [-0.4, -0.2) is 43.9 Å². The summed E-state index contributed by atoms with van der Waals surface area (Å²) in [5, 5.41) is 4.89. The average Bonchev–Trinajstić information content (AvgIpc) is 3.41. The van der Waals surface area contributed by atoms with Crippen molar-refractivity contribution in [3.05, 3.63) is 53.7 Å². The number of imidazole rings is 1. The van der Waals surface area contributed by atoms with E-state index < -0.39 is 0 Å². The van der Waals surface area contributed by atoms with E-state index in [1.807, 2.05) is 12.5 Å². The van der Waals surface area contributed by atoms with Gasteiger partial charge in [0.1, 0.15) is 0 Å². The molecule has 0 aliphatic carbocycles. The molecule has 0 radical (unpaired) electrons. The molecule has 1 fully saturated rings. The van der Waals surface area contributed by atoms with Crippen molar-refractivity contribution in [2.75, 3.05) is 19.6 Å². The molecule has 28 heavy (non-hydrogen) atoms. The molecule has 0 amide bonds. The van der Waals surface area contributed by atoms with E-state index >= 15 is 0 Å². The van der Waals surface area contributed by atoms with Gasteiger partial charge in [-0.05, 0) is 64.8 Å². The van der Waals surface area contributed by atoms with Crippen LogP contribution in [-0.2, 0) is 0 Å². The molecule has 3 aromatic rings. The SMILES string of the molecule is CC[C@@H](CN1CCCC1)n1cncc1-c1c(C)nn(-c2ccccc2C)c1C. The van der Waals surface area contributed by atoms with Crippen LogP contribution >= 0.6 is 0 Å². The fourth-order valence-electron chi connectivity index (χ4n) is 4.52. The molecule has 1 saturated heterocycles. The van der Waals surface area contributed by atoms with Crippen LogP contribution in [0.1, 0.15) is 49.2 Å². The highest BCUT2D eigenvalue weighted by Gasteiger charge is 2.23. The van der Waals surface area contributed by atoms with Crippen LogP contribution in [0.2, 0.25) is 0 Å². The van der Waals surface area contributed by atoms with Crippen LogP contribution in [0.25, 0.3) is 16.9 Å². The second-order valence-electron chi connectivity index (χ2n) is 8.00. The summed E-state index contributed by atoms with van der Waals surface area (Å²) in [5.74, 6) is 0. The first-order valence-electron chi connectivity index (χ1n) is 10.5. The van der Waals surface area contributed by atoms with Gasteiger partial charge in [0.15, 0.2) is 0 Å². The Morgan fingerprint density at radius 1 is 1.07 bits per heavy atom. The van der Waals surface area contributed by atoms with E-state index in [1.165, 1.54) is 48.4 Å². The number of benzene rings is 1. The van der Waals surface area contributed by atoms with Gasteiger partial charge in [-0.15, -0.1) is 0 Å². The monoisotopic (exact) mass is 377 g/mol. The third-order valence-electron chi connectivity index (χ3n) is 6.09. The molecule has 1 atom stereocenters. The molecule has 5 heteroatoms. The van der Waals surface area contributed by atoms with Crippen LogP contribution in [0.5, 0.6) is 0 Å². The number of aryl methyl sites for hydroxylation is 2. The zero-order chi connectivity index (χ0) is 19.7. The molecule has 1 aliphatic rings. The number of para-hydroxylation sites is 1. The topological polar surface area (TPSA) is 38.9 Å². The quantitative estimate of drug-likeness (QED) is 0.624. The van der Waals surface area contributed by atoms with E-state index in [9.17, 15) is 0 Å². The molecular formula is C23H31N5. The predicted molar refractivity (Wildman–Crippen MR) is 114 cm³/mol. The maximum absolute atomic E-state index is 4.89. The molecule has 3 heterocycles. The van der Waals surface area contributed by atoms with Gasteiger partial charge in [0.2, 0.25) is 0 Å². The Balaban J connectivity index is 1.73. The van der Waals surface area contributed by atoms with Gasteiger partial charge in [0, 0.05) is 18.2 Å². The lowest BCUT2D eigenvalue weighted by Gasteiger charge is -2.25. The maximum Gasteiger partial charge on any atom is 0.0954 e. The van der Waals surface area contributed by atoms with Crippen LogP contribution in [0.4, 0.5) is 0 Å². The van der Waals surface area contributed by atoms with Crippen molar-refractivity contribution in [1.29, 1.82) is 0 Å². The summed E-state index contributed by atoms with van der Waals surface area (Å²) in [5.41, 5.74) is 6.99. The molecule has 0 unspecified atom stereocenters. The van der Waals surface area contributed by atoms with Crippen LogP contribution in [0, 0.1) is 20.8 Å². The second-order valence-corrected chi connectivity index (χ2v) is 8.00. The normalized spacial score (nSPS) is 16.0. The fraction of sp³-hybridized carbons (Fsp3) is 0.478. The standard InChI is InChI=1S/C23H31N5/c1-5-20(15-26-12-8-9-13-26)27-16-24-14-22(27)23-18(3)25-28(19(23)4)21-11-7-6-10-17(21)2/h6-7,10-11,14,16,20H,5,8-9,12-13,15H2,1-4H3/t20-/m0/s1. The van der Waals surface area contributed by atoms with Crippen LogP contribution in [0.15, 0.2) is 36.8 Å². The lowest BCUT2D eigenvalue weighted by atomic mass is 10.1. The first kappa shape index (κ1) is 18.9. The summed E-state index contributed by atoms with van der Waals surface area (Å²) in [6, 6.07) is 8.87. The van der Waals surface area contributed by atoms with Gasteiger partial charge in [-0.3, -0.25) is 0 Å². The Kier molecular flexibility index (Phi) is 5.36. The molecule has 148 valence electrons. The predicted octanol–water partition coefficient (Wildman–Crippen LogP) is 4.71. The highest BCUT2D eigenvalue weighted by atomic mass is 15.3. The minimum atomic E-state index is 0.441. The molecule has 4 rings (SSSR count). The van der Waals surface area contributed by atoms with Crippen molar-refractivity contribution in [3.63, 3.8) is 0 Å². The third kappa shape index (κ3) is 3.39. The molecule has 1 aliphatic heterocycles. The highest BCUT2D eigenvalue weighted by molar-refractivity contribution is 5.66. The molecule has 0 N–H and O–H groups in total. The van der Waals surface area contributed by atoms with Gasteiger partial charge in [-0.1, -0.05) is 25.1 Å². The summed E-state index contributed by atoms with van der Waals surface area (Å²) < 4.78 is 4.45. The van der Waals surface area contributed by atoms with E-state index in [1.54, 1.807) is 0 Å². The van der Waals surface area contributed by atoms with E-state index in [4.69, 9.17) is 5.10 Å².